The van der Waals surface area contributed by atoms with Crippen molar-refractivity contribution < 1.29 is 9.53 Å². The van der Waals surface area contributed by atoms with Crippen molar-refractivity contribution >= 4 is 11.7 Å². The van der Waals surface area contributed by atoms with Crippen LogP contribution in [-0.4, -0.2) is 89.3 Å². The second kappa shape index (κ2) is 9.79. The average Bonchev–Trinajstić information content (AvgIpc) is 2.81. The first-order chi connectivity index (χ1) is 15.5. The molecule has 2 aliphatic heterocycles. The summed E-state index contributed by atoms with van der Waals surface area (Å²) in [7, 11) is 0. The number of carbonyl (C=O) groups is 1. The number of hydrogen-bond acceptors (Lipinski definition) is 7. The first-order valence-corrected chi connectivity index (χ1v) is 11.3. The summed E-state index contributed by atoms with van der Waals surface area (Å²) in [5.74, 6) is 0.745. The van der Waals surface area contributed by atoms with Gasteiger partial charge in [-0.2, -0.15) is 0 Å². The van der Waals surface area contributed by atoms with Crippen LogP contribution in [0.2, 0.25) is 0 Å². The lowest BCUT2D eigenvalue weighted by Gasteiger charge is -2.36. The molecule has 0 saturated carbocycles. The predicted octanol–water partition coefficient (Wildman–Crippen LogP) is 0.858. The van der Waals surface area contributed by atoms with E-state index in [4.69, 9.17) is 4.74 Å². The molecule has 2 fully saturated rings. The van der Waals surface area contributed by atoms with Gasteiger partial charge in [-0.25, -0.2) is 9.97 Å². The smallest absolute Gasteiger partial charge is 0.263 e. The summed E-state index contributed by atoms with van der Waals surface area (Å²) < 4.78 is 7.05. The molecule has 4 rings (SSSR count). The Morgan fingerprint density at radius 1 is 1.00 bits per heavy atom. The lowest BCUT2D eigenvalue weighted by atomic mass is 10.1. The summed E-state index contributed by atoms with van der Waals surface area (Å²) in [6.45, 7) is 12.9. The van der Waals surface area contributed by atoms with Gasteiger partial charge < -0.3 is 19.1 Å². The van der Waals surface area contributed by atoms with Gasteiger partial charge in [0.2, 0.25) is 0 Å². The highest BCUT2D eigenvalue weighted by Gasteiger charge is 2.27. The molecule has 0 N–H and O–H groups in total. The van der Waals surface area contributed by atoms with Crippen LogP contribution in [0.3, 0.4) is 0 Å². The van der Waals surface area contributed by atoms with Gasteiger partial charge in [0.25, 0.3) is 11.5 Å². The van der Waals surface area contributed by atoms with Crippen LogP contribution < -0.4 is 10.5 Å². The van der Waals surface area contributed by atoms with Crippen molar-refractivity contribution in [3.63, 3.8) is 0 Å². The van der Waals surface area contributed by atoms with Gasteiger partial charge in [-0.15, -0.1) is 0 Å². The standard InChI is InChI=1S/C23H32N6O3/c1-17-4-5-28(7-6-26-12-14-32-15-13-26)22(30)20(17)23(31)29-10-8-27(9-11-29)21-18(2)19(3)24-16-25-21/h4-5,16H,6-15H2,1-3H3. The van der Waals surface area contributed by atoms with Crippen molar-refractivity contribution in [2.24, 2.45) is 0 Å². The van der Waals surface area contributed by atoms with Crippen LogP contribution in [0, 0.1) is 20.8 Å². The van der Waals surface area contributed by atoms with E-state index in [-0.39, 0.29) is 17.0 Å². The Labute approximate surface area is 188 Å². The molecule has 0 bridgehead atoms. The van der Waals surface area contributed by atoms with E-state index >= 15 is 0 Å². The molecular weight excluding hydrogens is 408 g/mol. The van der Waals surface area contributed by atoms with Crippen LogP contribution in [-0.2, 0) is 11.3 Å². The third-order valence-corrected chi connectivity index (χ3v) is 6.52. The number of amides is 1. The van der Waals surface area contributed by atoms with Gasteiger partial charge in [0, 0.05) is 69.8 Å². The Balaban J connectivity index is 1.44. The topological polar surface area (TPSA) is 83.8 Å². The van der Waals surface area contributed by atoms with Crippen LogP contribution in [0.15, 0.2) is 23.4 Å². The first-order valence-electron chi connectivity index (χ1n) is 11.3. The maximum atomic E-state index is 13.3. The molecule has 4 heterocycles. The third kappa shape index (κ3) is 4.68. The van der Waals surface area contributed by atoms with Crippen molar-refractivity contribution in [2.75, 3.05) is 63.9 Å². The molecule has 172 valence electrons. The normalized spacial score (nSPS) is 17.6. The summed E-state index contributed by atoms with van der Waals surface area (Å²) in [5.41, 5.74) is 2.85. The number of aryl methyl sites for hydroxylation is 2. The van der Waals surface area contributed by atoms with Crippen molar-refractivity contribution in [1.82, 2.24) is 24.3 Å². The van der Waals surface area contributed by atoms with Gasteiger partial charge in [0.15, 0.2) is 0 Å². The van der Waals surface area contributed by atoms with E-state index in [9.17, 15) is 9.59 Å². The summed E-state index contributed by atoms with van der Waals surface area (Å²) in [6.07, 6.45) is 3.38. The minimum atomic E-state index is -0.201. The summed E-state index contributed by atoms with van der Waals surface area (Å²) in [6, 6.07) is 1.87. The molecule has 2 aromatic rings. The lowest BCUT2D eigenvalue weighted by Crippen LogP contribution is -2.50. The van der Waals surface area contributed by atoms with Crippen molar-refractivity contribution in [3.8, 4) is 0 Å². The van der Waals surface area contributed by atoms with Crippen LogP contribution in [0.4, 0.5) is 5.82 Å². The molecule has 1 amide bonds. The molecule has 9 nitrogen and oxygen atoms in total. The number of ether oxygens (including phenoxy) is 1. The Morgan fingerprint density at radius 3 is 2.44 bits per heavy atom. The van der Waals surface area contributed by atoms with Crippen molar-refractivity contribution in [2.45, 2.75) is 27.3 Å². The second-order valence-corrected chi connectivity index (χ2v) is 8.51. The fourth-order valence-corrected chi connectivity index (χ4v) is 4.30. The Bertz CT molecular complexity index is 1020. The average molecular weight is 441 g/mol. The van der Waals surface area contributed by atoms with Gasteiger partial charge in [-0.1, -0.05) is 0 Å². The van der Waals surface area contributed by atoms with E-state index in [1.54, 1.807) is 22.0 Å². The number of piperazine rings is 1. The summed E-state index contributed by atoms with van der Waals surface area (Å²) >= 11 is 0. The van der Waals surface area contributed by atoms with Gasteiger partial charge >= 0.3 is 0 Å². The van der Waals surface area contributed by atoms with E-state index in [1.165, 1.54) is 0 Å². The molecule has 2 aliphatic rings. The van der Waals surface area contributed by atoms with Gasteiger partial charge in [0.05, 0.1) is 13.2 Å². The molecule has 0 spiro atoms. The molecule has 0 unspecified atom stereocenters. The highest BCUT2D eigenvalue weighted by Crippen LogP contribution is 2.20. The predicted molar refractivity (Wildman–Crippen MR) is 122 cm³/mol. The Hall–Kier alpha value is -2.78. The highest BCUT2D eigenvalue weighted by molar-refractivity contribution is 5.95. The van der Waals surface area contributed by atoms with Crippen molar-refractivity contribution in [1.29, 1.82) is 0 Å². The number of anilines is 1. The minimum absolute atomic E-state index is 0.177. The number of hydrogen-bond donors (Lipinski definition) is 0. The molecule has 0 aromatic carbocycles. The molecule has 0 aliphatic carbocycles. The maximum absolute atomic E-state index is 13.3. The van der Waals surface area contributed by atoms with Crippen LogP contribution >= 0.6 is 0 Å². The first kappa shape index (κ1) is 22.4. The molecular formula is C23H32N6O3. The minimum Gasteiger partial charge on any atom is -0.379 e. The maximum Gasteiger partial charge on any atom is 0.263 e. The number of pyridine rings is 1. The SMILES string of the molecule is Cc1ccn(CCN2CCOCC2)c(=O)c1C(=O)N1CCN(c2ncnc(C)c2C)CC1. The molecule has 0 atom stereocenters. The molecule has 2 saturated heterocycles. The third-order valence-electron chi connectivity index (χ3n) is 6.52. The molecule has 2 aromatic heterocycles. The number of nitrogens with zero attached hydrogens (tertiary/aromatic N) is 6. The molecule has 32 heavy (non-hydrogen) atoms. The fourth-order valence-electron chi connectivity index (χ4n) is 4.30. The Morgan fingerprint density at radius 2 is 1.72 bits per heavy atom. The Kier molecular flexibility index (Phi) is 6.86. The van der Waals surface area contributed by atoms with Gasteiger partial charge in [-0.3, -0.25) is 14.5 Å². The zero-order valence-electron chi connectivity index (χ0n) is 19.2. The second-order valence-electron chi connectivity index (χ2n) is 8.51. The summed E-state index contributed by atoms with van der Waals surface area (Å²) in [5, 5.41) is 0. The lowest BCUT2D eigenvalue weighted by molar-refractivity contribution is 0.0362. The zero-order valence-corrected chi connectivity index (χ0v) is 19.2. The number of carbonyl (C=O) groups excluding carboxylic acids is 1. The quantitative estimate of drug-likeness (QED) is 0.682. The highest BCUT2D eigenvalue weighted by atomic mass is 16.5. The number of morpholine rings is 1. The van der Waals surface area contributed by atoms with E-state index in [1.807, 2.05) is 26.8 Å². The van der Waals surface area contributed by atoms with Crippen LogP contribution in [0.1, 0.15) is 27.2 Å². The molecule has 0 radical (unpaired) electrons. The monoisotopic (exact) mass is 440 g/mol. The van der Waals surface area contributed by atoms with E-state index in [2.05, 4.69) is 19.8 Å². The van der Waals surface area contributed by atoms with Gasteiger partial charge in [-0.05, 0) is 32.4 Å². The molecule has 9 heteroatoms. The van der Waals surface area contributed by atoms with Crippen molar-refractivity contribution in [3.05, 3.63) is 51.3 Å². The van der Waals surface area contributed by atoms with Gasteiger partial charge in [0.1, 0.15) is 17.7 Å². The van der Waals surface area contributed by atoms with Crippen LogP contribution in [0.5, 0.6) is 0 Å². The van der Waals surface area contributed by atoms with E-state index < -0.39 is 0 Å². The largest absolute Gasteiger partial charge is 0.379 e. The zero-order chi connectivity index (χ0) is 22.7. The number of aromatic nitrogens is 3. The number of rotatable bonds is 5. The summed E-state index contributed by atoms with van der Waals surface area (Å²) in [4.78, 5) is 41.4. The van der Waals surface area contributed by atoms with E-state index in [0.717, 1.165) is 55.5 Å². The fraction of sp³-hybridized carbons (Fsp3) is 0.565. The van der Waals surface area contributed by atoms with Crippen LogP contribution in [0.25, 0.3) is 0 Å². The van der Waals surface area contributed by atoms with E-state index in [0.29, 0.717) is 32.7 Å².